The molecule has 0 spiro atoms. The van der Waals surface area contributed by atoms with Gasteiger partial charge in [0.1, 0.15) is 11.5 Å². The molecule has 0 atom stereocenters. The van der Waals surface area contributed by atoms with E-state index in [1.165, 1.54) is 15.2 Å². The molecule has 29 heavy (non-hydrogen) atoms. The number of aryl methyl sites for hydroxylation is 1. The van der Waals surface area contributed by atoms with Gasteiger partial charge in [0.15, 0.2) is 0 Å². The minimum Gasteiger partial charge on any atom is -0.333 e. The van der Waals surface area contributed by atoms with E-state index in [2.05, 4.69) is 33.6 Å². The molecule has 7 heteroatoms. The van der Waals surface area contributed by atoms with Gasteiger partial charge in [-0.3, -0.25) is 14.5 Å². The van der Waals surface area contributed by atoms with Crippen molar-refractivity contribution in [2.45, 2.75) is 39.2 Å². The lowest BCUT2D eigenvalue weighted by molar-refractivity contribution is -0.113. The van der Waals surface area contributed by atoms with E-state index in [-0.39, 0.29) is 11.8 Å². The zero-order chi connectivity index (χ0) is 20.7. The number of carbonyl (C=O) groups excluding carboxylic acids is 2. The van der Waals surface area contributed by atoms with Crippen LogP contribution in [0.15, 0.2) is 35.9 Å². The fourth-order valence-corrected chi connectivity index (χ4v) is 4.28. The van der Waals surface area contributed by atoms with E-state index in [1.54, 1.807) is 9.80 Å². The standard InChI is InChI=1S/C22H21ClIN3O2/c1-3-26-12-15-6-7-19(25-21(15)22(26)29)27(20(28)8-9-23)18-10-13(2)17(24)11-16(18)14-4-5-14/h6-11,14H,3-5,12H2,1-2H3/b9-8+. The molecule has 0 saturated heterocycles. The first-order valence-electron chi connectivity index (χ1n) is 9.64. The lowest BCUT2D eigenvalue weighted by atomic mass is 10.0. The molecule has 2 amide bonds. The third kappa shape index (κ3) is 3.80. The summed E-state index contributed by atoms with van der Waals surface area (Å²) in [5.74, 6) is 0.511. The monoisotopic (exact) mass is 521 g/mol. The highest BCUT2D eigenvalue weighted by atomic mass is 127. The van der Waals surface area contributed by atoms with Gasteiger partial charge in [0.25, 0.3) is 11.8 Å². The molecule has 150 valence electrons. The molecule has 0 unspecified atom stereocenters. The van der Waals surface area contributed by atoms with E-state index in [4.69, 9.17) is 11.6 Å². The second-order valence-corrected chi connectivity index (χ2v) is 8.81. The highest BCUT2D eigenvalue weighted by Crippen LogP contribution is 2.46. The van der Waals surface area contributed by atoms with Crippen LogP contribution in [0.25, 0.3) is 0 Å². The number of anilines is 2. The van der Waals surface area contributed by atoms with E-state index in [0.29, 0.717) is 30.5 Å². The van der Waals surface area contributed by atoms with Crippen molar-refractivity contribution in [3.05, 3.63) is 61.8 Å². The summed E-state index contributed by atoms with van der Waals surface area (Å²) in [7, 11) is 0. The Bertz CT molecular complexity index is 1030. The van der Waals surface area contributed by atoms with Crippen LogP contribution < -0.4 is 4.90 Å². The van der Waals surface area contributed by atoms with Crippen molar-refractivity contribution in [3.63, 3.8) is 0 Å². The van der Waals surface area contributed by atoms with Crippen molar-refractivity contribution in [3.8, 4) is 0 Å². The van der Waals surface area contributed by atoms with Gasteiger partial charge in [-0.25, -0.2) is 4.98 Å². The molecule has 5 nitrogen and oxygen atoms in total. The van der Waals surface area contributed by atoms with E-state index in [0.717, 1.165) is 35.2 Å². The molecule has 1 aromatic heterocycles. The highest BCUT2D eigenvalue weighted by molar-refractivity contribution is 14.1. The average molecular weight is 522 g/mol. The Balaban J connectivity index is 1.86. The van der Waals surface area contributed by atoms with E-state index < -0.39 is 0 Å². The molecule has 2 aromatic rings. The van der Waals surface area contributed by atoms with Crippen molar-refractivity contribution < 1.29 is 9.59 Å². The largest absolute Gasteiger partial charge is 0.333 e. The summed E-state index contributed by atoms with van der Waals surface area (Å²) in [5, 5.41) is 0. The van der Waals surface area contributed by atoms with E-state index in [9.17, 15) is 9.59 Å². The molecule has 0 radical (unpaired) electrons. The molecule has 0 bridgehead atoms. The fraction of sp³-hybridized carbons (Fsp3) is 0.318. The predicted octanol–water partition coefficient (Wildman–Crippen LogP) is 5.26. The topological polar surface area (TPSA) is 53.5 Å². The Morgan fingerprint density at radius 3 is 2.79 bits per heavy atom. The lowest BCUT2D eigenvalue weighted by Gasteiger charge is -2.25. The number of halogens is 2. The second kappa shape index (κ2) is 8.07. The third-order valence-corrected chi connectivity index (χ3v) is 6.71. The van der Waals surface area contributed by atoms with Gasteiger partial charge in [0.05, 0.1) is 5.69 Å². The number of pyridine rings is 1. The van der Waals surface area contributed by atoms with Crippen LogP contribution in [0.5, 0.6) is 0 Å². The summed E-state index contributed by atoms with van der Waals surface area (Å²) >= 11 is 8.06. The minimum absolute atomic E-state index is 0.0918. The van der Waals surface area contributed by atoms with Gasteiger partial charge in [-0.1, -0.05) is 17.7 Å². The number of aromatic nitrogens is 1. The number of benzene rings is 1. The van der Waals surface area contributed by atoms with E-state index in [1.807, 2.05) is 32.0 Å². The molecule has 4 rings (SSSR count). The smallest absolute Gasteiger partial charge is 0.273 e. The summed E-state index contributed by atoms with van der Waals surface area (Å²) in [5.41, 5.74) is 5.57. The number of fused-ring (bicyclic) bond motifs is 1. The molecule has 1 saturated carbocycles. The van der Waals surface area contributed by atoms with Gasteiger partial charge in [-0.2, -0.15) is 0 Å². The first-order chi connectivity index (χ1) is 13.9. The first kappa shape index (κ1) is 20.3. The van der Waals surface area contributed by atoms with E-state index >= 15 is 0 Å². The molecule has 1 fully saturated rings. The number of hydrogen-bond acceptors (Lipinski definition) is 3. The van der Waals surface area contributed by atoms with Gasteiger partial charge < -0.3 is 4.90 Å². The van der Waals surface area contributed by atoms with Crippen LogP contribution in [0.2, 0.25) is 0 Å². The van der Waals surface area contributed by atoms with Crippen molar-refractivity contribution in [1.82, 2.24) is 9.88 Å². The summed E-state index contributed by atoms with van der Waals surface area (Å²) < 4.78 is 1.17. The Hall–Kier alpha value is -1.93. The SMILES string of the molecule is CCN1Cc2ccc(N(C(=O)/C=C/Cl)c3cc(C)c(I)cc3C3CC3)nc2C1=O. The Labute approximate surface area is 188 Å². The van der Waals surface area contributed by atoms with Gasteiger partial charge >= 0.3 is 0 Å². The van der Waals surface area contributed by atoms with Gasteiger partial charge in [0.2, 0.25) is 0 Å². The van der Waals surface area contributed by atoms with Gasteiger partial charge in [0, 0.05) is 33.8 Å². The van der Waals surface area contributed by atoms with Crippen molar-refractivity contribution in [2.24, 2.45) is 0 Å². The number of amides is 2. The van der Waals surface area contributed by atoms with Crippen LogP contribution in [0.4, 0.5) is 11.5 Å². The van der Waals surface area contributed by atoms with Crippen LogP contribution >= 0.6 is 34.2 Å². The van der Waals surface area contributed by atoms with Crippen LogP contribution in [-0.2, 0) is 11.3 Å². The first-order valence-corrected chi connectivity index (χ1v) is 11.2. The van der Waals surface area contributed by atoms with Crippen molar-refractivity contribution in [1.29, 1.82) is 0 Å². The Kier molecular flexibility index (Phi) is 5.66. The zero-order valence-electron chi connectivity index (χ0n) is 16.3. The summed E-state index contributed by atoms with van der Waals surface area (Å²) in [6, 6.07) is 7.90. The van der Waals surface area contributed by atoms with Crippen molar-refractivity contribution in [2.75, 3.05) is 11.4 Å². The quantitative estimate of drug-likeness (QED) is 0.398. The molecular formula is C22H21ClIN3O2. The number of nitrogens with zero attached hydrogens (tertiary/aromatic N) is 3. The summed E-state index contributed by atoms with van der Waals surface area (Å²) in [6.07, 6.45) is 3.54. The maximum atomic E-state index is 13.1. The van der Waals surface area contributed by atoms with Gasteiger partial charge in [-0.15, -0.1) is 0 Å². The molecular weight excluding hydrogens is 501 g/mol. The summed E-state index contributed by atoms with van der Waals surface area (Å²) in [4.78, 5) is 33.6. The average Bonchev–Trinajstić information content (AvgIpc) is 3.49. The number of rotatable bonds is 5. The molecule has 0 N–H and O–H groups in total. The number of hydrogen-bond donors (Lipinski definition) is 0. The lowest BCUT2D eigenvalue weighted by Crippen LogP contribution is -2.27. The van der Waals surface area contributed by atoms with Gasteiger partial charge in [-0.05, 0) is 84.5 Å². The second-order valence-electron chi connectivity index (χ2n) is 7.40. The zero-order valence-corrected chi connectivity index (χ0v) is 19.2. The normalized spacial score (nSPS) is 15.9. The Morgan fingerprint density at radius 2 is 2.14 bits per heavy atom. The minimum atomic E-state index is -0.284. The maximum absolute atomic E-state index is 13.1. The third-order valence-electron chi connectivity index (χ3n) is 5.42. The van der Waals surface area contributed by atoms with Crippen LogP contribution in [0.1, 0.15) is 52.9 Å². The Morgan fingerprint density at radius 1 is 1.38 bits per heavy atom. The summed E-state index contributed by atoms with van der Waals surface area (Å²) in [6.45, 7) is 5.16. The fourth-order valence-electron chi connectivity index (χ4n) is 3.68. The van der Waals surface area contributed by atoms with Crippen LogP contribution in [0, 0.1) is 10.5 Å². The van der Waals surface area contributed by atoms with Crippen LogP contribution in [-0.4, -0.2) is 28.2 Å². The molecule has 2 heterocycles. The number of carbonyl (C=O) groups is 2. The highest BCUT2D eigenvalue weighted by Gasteiger charge is 2.33. The van der Waals surface area contributed by atoms with Crippen molar-refractivity contribution >= 4 is 57.5 Å². The molecule has 1 aromatic carbocycles. The predicted molar refractivity (Wildman–Crippen MR) is 123 cm³/mol. The molecule has 1 aliphatic carbocycles. The molecule has 1 aliphatic heterocycles. The van der Waals surface area contributed by atoms with Crippen LogP contribution in [0.3, 0.4) is 0 Å². The maximum Gasteiger partial charge on any atom is 0.273 e. The molecule has 2 aliphatic rings.